The predicted molar refractivity (Wildman–Crippen MR) is 122 cm³/mol. The molecular weight excluding hydrogens is 426 g/mol. The van der Waals surface area contributed by atoms with Crippen LogP contribution in [0, 0.1) is 13.8 Å². The Labute approximate surface area is 187 Å². The number of fused-ring (bicyclic) bond motifs is 2. The number of anilines is 2. The highest BCUT2D eigenvalue weighted by molar-refractivity contribution is 7.14. The van der Waals surface area contributed by atoms with E-state index in [2.05, 4.69) is 30.7 Å². The maximum atomic E-state index is 12.6. The third kappa shape index (κ3) is 3.84. The molecule has 2 N–H and O–H groups in total. The Morgan fingerprint density at radius 3 is 3.00 bits per heavy atom. The number of benzene rings is 1. The number of rotatable bonds is 5. The Morgan fingerprint density at radius 2 is 2.12 bits per heavy atom. The van der Waals surface area contributed by atoms with Crippen LogP contribution in [0.25, 0.3) is 17.0 Å². The molecular formula is C22H21N7O2S. The molecule has 0 radical (unpaired) electrons. The van der Waals surface area contributed by atoms with E-state index >= 15 is 0 Å². The van der Waals surface area contributed by atoms with E-state index in [-0.39, 0.29) is 11.8 Å². The number of thiazole rings is 1. The first-order valence-electron chi connectivity index (χ1n) is 10.3. The number of nitrogens with one attached hydrogen (secondary N) is 2. The van der Waals surface area contributed by atoms with Crippen LogP contribution in [0.1, 0.15) is 35.4 Å². The lowest BCUT2D eigenvalue weighted by atomic mass is 9.99. The third-order valence-electron chi connectivity index (χ3n) is 5.64. The molecule has 162 valence electrons. The Hall–Kier alpha value is -3.66. The number of hydrogen-bond donors (Lipinski definition) is 2. The number of amides is 2. The van der Waals surface area contributed by atoms with E-state index in [0.29, 0.717) is 30.2 Å². The first kappa shape index (κ1) is 20.3. The summed E-state index contributed by atoms with van der Waals surface area (Å²) in [5.41, 5.74) is 6.53. The van der Waals surface area contributed by atoms with Crippen molar-refractivity contribution in [3.63, 3.8) is 0 Å². The smallest absolute Gasteiger partial charge is 0.252 e. The number of hydrogen-bond acceptors (Lipinski definition) is 7. The lowest BCUT2D eigenvalue weighted by molar-refractivity contribution is -0.117. The molecule has 1 aromatic carbocycles. The fourth-order valence-electron chi connectivity index (χ4n) is 3.94. The van der Waals surface area contributed by atoms with E-state index in [1.165, 1.54) is 17.7 Å². The molecule has 0 unspecified atom stereocenters. The van der Waals surface area contributed by atoms with Gasteiger partial charge in [-0.25, -0.2) is 14.5 Å². The maximum absolute atomic E-state index is 12.6. The van der Waals surface area contributed by atoms with Gasteiger partial charge in [-0.15, -0.1) is 11.3 Å². The summed E-state index contributed by atoms with van der Waals surface area (Å²) in [7, 11) is 0. The summed E-state index contributed by atoms with van der Waals surface area (Å²) in [6.07, 6.45) is 3.56. The molecule has 32 heavy (non-hydrogen) atoms. The van der Waals surface area contributed by atoms with Crippen LogP contribution in [0.2, 0.25) is 0 Å². The quantitative estimate of drug-likeness (QED) is 0.485. The van der Waals surface area contributed by atoms with Crippen molar-refractivity contribution in [2.24, 2.45) is 0 Å². The Balaban J connectivity index is 1.25. The molecule has 2 amide bonds. The highest BCUT2D eigenvalue weighted by Crippen LogP contribution is 2.30. The first-order chi connectivity index (χ1) is 15.5. The molecule has 1 aliphatic rings. The van der Waals surface area contributed by atoms with E-state index in [9.17, 15) is 9.59 Å². The van der Waals surface area contributed by atoms with Crippen LogP contribution in [0.15, 0.2) is 29.9 Å². The van der Waals surface area contributed by atoms with Crippen LogP contribution in [-0.2, 0) is 22.4 Å². The highest BCUT2D eigenvalue weighted by Gasteiger charge is 2.17. The second kappa shape index (κ2) is 8.12. The topological polar surface area (TPSA) is 114 Å². The van der Waals surface area contributed by atoms with E-state index in [0.717, 1.165) is 45.9 Å². The minimum atomic E-state index is -0.100. The third-order valence-corrected chi connectivity index (χ3v) is 6.40. The first-order valence-corrected chi connectivity index (χ1v) is 11.2. The summed E-state index contributed by atoms with van der Waals surface area (Å²) in [6, 6.07) is 5.89. The van der Waals surface area contributed by atoms with Gasteiger partial charge in [0.15, 0.2) is 5.13 Å². The second-order valence-electron chi connectivity index (χ2n) is 7.74. The molecule has 4 aromatic rings. The summed E-state index contributed by atoms with van der Waals surface area (Å²) < 4.78 is 1.69. The fourth-order valence-corrected chi connectivity index (χ4v) is 4.68. The van der Waals surface area contributed by atoms with E-state index in [1.807, 2.05) is 37.4 Å². The van der Waals surface area contributed by atoms with Gasteiger partial charge >= 0.3 is 0 Å². The minimum absolute atomic E-state index is 0.0475. The summed E-state index contributed by atoms with van der Waals surface area (Å²) >= 11 is 1.39. The molecule has 10 heteroatoms. The van der Waals surface area contributed by atoms with E-state index in [4.69, 9.17) is 0 Å². The van der Waals surface area contributed by atoms with Crippen LogP contribution in [-0.4, -0.2) is 36.4 Å². The lowest BCUT2D eigenvalue weighted by Gasteiger charge is -2.17. The van der Waals surface area contributed by atoms with Gasteiger partial charge < -0.3 is 10.6 Å². The average Bonchev–Trinajstić information content (AvgIpc) is 3.43. The summed E-state index contributed by atoms with van der Waals surface area (Å²) in [5, 5.41) is 12.5. The number of carbonyl (C=O) groups excluding carboxylic acids is 2. The normalized spacial score (nSPS) is 13.1. The van der Waals surface area contributed by atoms with Gasteiger partial charge in [-0.2, -0.15) is 10.1 Å². The predicted octanol–water partition coefficient (Wildman–Crippen LogP) is 3.32. The van der Waals surface area contributed by atoms with Crippen LogP contribution in [0.3, 0.4) is 0 Å². The van der Waals surface area contributed by atoms with Gasteiger partial charge in [-0.05, 0) is 49.9 Å². The van der Waals surface area contributed by atoms with Crippen molar-refractivity contribution in [3.05, 3.63) is 52.4 Å². The molecule has 4 heterocycles. The monoisotopic (exact) mass is 447 g/mol. The van der Waals surface area contributed by atoms with Crippen molar-refractivity contribution in [1.82, 2.24) is 24.6 Å². The van der Waals surface area contributed by atoms with Gasteiger partial charge in [0.2, 0.25) is 11.8 Å². The highest BCUT2D eigenvalue weighted by atomic mass is 32.1. The van der Waals surface area contributed by atoms with Crippen molar-refractivity contribution < 1.29 is 9.59 Å². The fraction of sp³-hybridized carbons (Fsp3) is 0.273. The molecule has 3 aromatic heterocycles. The van der Waals surface area contributed by atoms with Crippen molar-refractivity contribution in [3.8, 4) is 11.3 Å². The maximum Gasteiger partial charge on any atom is 0.252 e. The summed E-state index contributed by atoms with van der Waals surface area (Å²) in [5.74, 6) is 0.510. The Kier molecular flexibility index (Phi) is 5.14. The number of aryl methyl sites for hydroxylation is 3. The van der Waals surface area contributed by atoms with Gasteiger partial charge in [-0.1, -0.05) is 6.07 Å². The molecule has 1 aliphatic heterocycles. The molecule has 0 aliphatic carbocycles. The van der Waals surface area contributed by atoms with Crippen molar-refractivity contribution in [2.45, 2.75) is 39.5 Å². The molecule has 5 rings (SSSR count). The molecule has 0 bridgehead atoms. The van der Waals surface area contributed by atoms with Gasteiger partial charge in [0.1, 0.15) is 6.33 Å². The summed E-state index contributed by atoms with van der Waals surface area (Å²) in [4.78, 5) is 37.2. The Morgan fingerprint density at radius 1 is 1.25 bits per heavy atom. The largest absolute Gasteiger partial charge is 0.326 e. The molecule has 9 nitrogen and oxygen atoms in total. The zero-order valence-corrected chi connectivity index (χ0v) is 18.5. The van der Waals surface area contributed by atoms with Crippen LogP contribution in [0.5, 0.6) is 0 Å². The van der Waals surface area contributed by atoms with Gasteiger partial charge in [0.25, 0.3) is 5.78 Å². The molecule has 0 saturated carbocycles. The SMILES string of the molecule is Cc1nc2ncnn2c(C)c1CCC(=O)Nc1nc(-c2ccc3c(c2)CCC(=O)N3)cs1. The average molecular weight is 448 g/mol. The van der Waals surface area contributed by atoms with Gasteiger partial charge in [-0.3, -0.25) is 9.59 Å². The zero-order valence-electron chi connectivity index (χ0n) is 17.7. The van der Waals surface area contributed by atoms with Gasteiger partial charge in [0, 0.05) is 40.9 Å². The number of carbonyl (C=O) groups is 2. The van der Waals surface area contributed by atoms with Crippen LogP contribution in [0.4, 0.5) is 10.8 Å². The summed E-state index contributed by atoms with van der Waals surface area (Å²) in [6.45, 7) is 3.88. The number of aromatic nitrogens is 5. The second-order valence-corrected chi connectivity index (χ2v) is 8.60. The van der Waals surface area contributed by atoms with Crippen LogP contribution < -0.4 is 10.6 Å². The molecule has 0 saturated heterocycles. The lowest BCUT2D eigenvalue weighted by Crippen LogP contribution is -2.18. The van der Waals surface area contributed by atoms with Crippen molar-refractivity contribution in [1.29, 1.82) is 0 Å². The van der Waals surface area contributed by atoms with Gasteiger partial charge in [0.05, 0.1) is 5.69 Å². The minimum Gasteiger partial charge on any atom is -0.326 e. The van der Waals surface area contributed by atoms with E-state index in [1.54, 1.807) is 4.52 Å². The van der Waals surface area contributed by atoms with Crippen LogP contribution >= 0.6 is 11.3 Å². The molecule has 0 spiro atoms. The Bertz CT molecular complexity index is 1360. The van der Waals surface area contributed by atoms with E-state index < -0.39 is 0 Å². The number of nitrogens with zero attached hydrogens (tertiary/aromatic N) is 5. The molecule has 0 atom stereocenters. The van der Waals surface area contributed by atoms with Crippen molar-refractivity contribution in [2.75, 3.05) is 10.6 Å². The zero-order chi connectivity index (χ0) is 22.2. The molecule has 0 fully saturated rings. The standard InChI is InChI=1S/C22H21N7O2S/c1-12-16(13(2)29-21(25-12)23-11-24-29)5-8-20(31)28-22-27-18(10-32-22)15-3-6-17-14(9-15)4-7-19(30)26-17/h3,6,9-11H,4-5,7-8H2,1-2H3,(H,26,30)(H,27,28,31). The van der Waals surface area contributed by atoms with Crippen molar-refractivity contribution >= 4 is 39.7 Å².